The lowest BCUT2D eigenvalue weighted by atomic mass is 9.83. The Kier molecular flexibility index (Phi) is 7.14. The Morgan fingerprint density at radius 2 is 1.67 bits per heavy atom. The van der Waals surface area contributed by atoms with Crippen molar-refractivity contribution in [1.29, 1.82) is 0 Å². The van der Waals surface area contributed by atoms with Crippen LogP contribution in [0.3, 0.4) is 0 Å². The van der Waals surface area contributed by atoms with E-state index in [9.17, 15) is 10.2 Å². The van der Waals surface area contributed by atoms with Crippen LogP contribution in [0, 0.1) is 11.8 Å². The molecule has 15 heavy (non-hydrogen) atoms. The Morgan fingerprint density at radius 3 is 2.00 bits per heavy atom. The van der Waals surface area contributed by atoms with E-state index in [1.165, 1.54) is 0 Å². The molecule has 3 N–H and O–H groups in total. The Balaban J connectivity index is 4.33. The van der Waals surface area contributed by atoms with Gasteiger partial charge in [-0.2, -0.15) is 0 Å². The molecule has 0 aromatic heterocycles. The minimum absolute atomic E-state index is 0.130. The van der Waals surface area contributed by atoms with Gasteiger partial charge < -0.3 is 15.3 Å². The summed E-state index contributed by atoms with van der Waals surface area (Å²) in [7, 11) is 0. The molecule has 0 saturated carbocycles. The third-order valence-corrected chi connectivity index (χ3v) is 3.22. The van der Waals surface area contributed by atoms with Crippen molar-refractivity contribution in [1.82, 2.24) is 0 Å². The van der Waals surface area contributed by atoms with Gasteiger partial charge in [0.2, 0.25) is 0 Å². The van der Waals surface area contributed by atoms with Gasteiger partial charge in [0.1, 0.15) is 0 Å². The van der Waals surface area contributed by atoms with Crippen LogP contribution in [0.2, 0.25) is 0 Å². The summed E-state index contributed by atoms with van der Waals surface area (Å²) in [4.78, 5) is 0. The van der Waals surface area contributed by atoms with Crippen LogP contribution in [0.1, 0.15) is 52.9 Å². The van der Waals surface area contributed by atoms with Crippen LogP contribution in [0.5, 0.6) is 0 Å². The minimum atomic E-state index is -1.56. The molecule has 0 amide bonds. The first-order valence-electron chi connectivity index (χ1n) is 6.07. The van der Waals surface area contributed by atoms with Gasteiger partial charge in [0, 0.05) is 18.9 Å². The summed E-state index contributed by atoms with van der Waals surface area (Å²) in [6, 6.07) is 0. The SMILES string of the molecule is CCCC(O)(O)C(CC)CC(CC)CO. The molecular weight excluding hydrogens is 192 g/mol. The fraction of sp³-hybridized carbons (Fsp3) is 1.00. The molecule has 0 heterocycles. The lowest BCUT2D eigenvalue weighted by Gasteiger charge is -2.32. The Bertz CT molecular complexity index is 153. The third kappa shape index (κ3) is 4.96. The van der Waals surface area contributed by atoms with Crippen LogP contribution in [-0.4, -0.2) is 27.7 Å². The van der Waals surface area contributed by atoms with Crippen molar-refractivity contribution in [2.75, 3.05) is 6.61 Å². The van der Waals surface area contributed by atoms with Crippen molar-refractivity contribution in [3.63, 3.8) is 0 Å². The second-order valence-electron chi connectivity index (χ2n) is 4.43. The average Bonchev–Trinajstić information content (AvgIpc) is 2.19. The molecule has 0 rings (SSSR count). The first-order valence-corrected chi connectivity index (χ1v) is 6.07. The zero-order chi connectivity index (χ0) is 11.9. The first-order chi connectivity index (χ1) is 7.01. The molecule has 3 heteroatoms. The van der Waals surface area contributed by atoms with Crippen LogP contribution in [-0.2, 0) is 0 Å². The van der Waals surface area contributed by atoms with Gasteiger partial charge in [-0.15, -0.1) is 0 Å². The highest BCUT2D eigenvalue weighted by molar-refractivity contribution is 4.77. The number of rotatable bonds is 8. The summed E-state index contributed by atoms with van der Waals surface area (Å²) in [5, 5.41) is 28.9. The Morgan fingerprint density at radius 1 is 1.07 bits per heavy atom. The summed E-state index contributed by atoms with van der Waals surface area (Å²) < 4.78 is 0. The molecule has 2 atom stereocenters. The number of aliphatic hydroxyl groups is 3. The number of hydrogen-bond acceptors (Lipinski definition) is 3. The van der Waals surface area contributed by atoms with E-state index in [1.54, 1.807) is 0 Å². The van der Waals surface area contributed by atoms with E-state index in [0.29, 0.717) is 12.8 Å². The Labute approximate surface area is 93.1 Å². The van der Waals surface area contributed by atoms with Crippen molar-refractivity contribution in [2.45, 2.75) is 58.7 Å². The van der Waals surface area contributed by atoms with Gasteiger partial charge in [0.25, 0.3) is 0 Å². The molecule has 0 spiro atoms. The molecule has 92 valence electrons. The van der Waals surface area contributed by atoms with E-state index in [4.69, 9.17) is 5.11 Å². The van der Waals surface area contributed by atoms with Crippen LogP contribution in [0.4, 0.5) is 0 Å². The quantitative estimate of drug-likeness (QED) is 0.545. The maximum atomic E-state index is 9.89. The fourth-order valence-electron chi connectivity index (χ4n) is 2.03. The van der Waals surface area contributed by atoms with E-state index in [0.717, 1.165) is 19.3 Å². The van der Waals surface area contributed by atoms with Gasteiger partial charge in [0.15, 0.2) is 5.79 Å². The van der Waals surface area contributed by atoms with Crippen LogP contribution < -0.4 is 0 Å². The van der Waals surface area contributed by atoms with Gasteiger partial charge in [-0.25, -0.2) is 0 Å². The van der Waals surface area contributed by atoms with Gasteiger partial charge >= 0.3 is 0 Å². The third-order valence-electron chi connectivity index (χ3n) is 3.22. The molecule has 0 radical (unpaired) electrons. The van der Waals surface area contributed by atoms with Gasteiger partial charge in [-0.05, 0) is 18.8 Å². The van der Waals surface area contributed by atoms with E-state index in [-0.39, 0.29) is 18.4 Å². The zero-order valence-corrected chi connectivity index (χ0v) is 10.2. The molecule has 0 aromatic carbocycles. The molecule has 0 aromatic rings. The summed E-state index contributed by atoms with van der Waals surface area (Å²) in [5.74, 6) is -1.51. The Hall–Kier alpha value is -0.120. The fourth-order valence-corrected chi connectivity index (χ4v) is 2.03. The second-order valence-corrected chi connectivity index (χ2v) is 4.43. The highest BCUT2D eigenvalue weighted by Gasteiger charge is 2.33. The van der Waals surface area contributed by atoms with Crippen molar-refractivity contribution < 1.29 is 15.3 Å². The van der Waals surface area contributed by atoms with Crippen molar-refractivity contribution >= 4 is 0 Å². The first kappa shape index (κ1) is 14.9. The largest absolute Gasteiger partial charge is 0.396 e. The maximum Gasteiger partial charge on any atom is 0.165 e. The lowest BCUT2D eigenvalue weighted by Crippen LogP contribution is -2.38. The normalized spacial score (nSPS) is 16.4. The summed E-state index contributed by atoms with van der Waals surface area (Å²) in [5.41, 5.74) is 0. The monoisotopic (exact) mass is 218 g/mol. The average molecular weight is 218 g/mol. The van der Waals surface area contributed by atoms with Gasteiger partial charge in [-0.3, -0.25) is 0 Å². The van der Waals surface area contributed by atoms with Crippen molar-refractivity contribution in [2.24, 2.45) is 11.8 Å². The van der Waals surface area contributed by atoms with Crippen LogP contribution in [0.15, 0.2) is 0 Å². The van der Waals surface area contributed by atoms with E-state index >= 15 is 0 Å². The highest BCUT2D eigenvalue weighted by atomic mass is 16.5. The molecule has 0 bridgehead atoms. The molecule has 0 aliphatic rings. The summed E-state index contributed by atoms with van der Waals surface area (Å²) in [6.45, 7) is 6.06. The second kappa shape index (κ2) is 7.20. The maximum absolute atomic E-state index is 9.89. The predicted molar refractivity (Wildman–Crippen MR) is 61.3 cm³/mol. The van der Waals surface area contributed by atoms with E-state index in [2.05, 4.69) is 0 Å². The highest BCUT2D eigenvalue weighted by Crippen LogP contribution is 2.30. The van der Waals surface area contributed by atoms with Gasteiger partial charge in [0.05, 0.1) is 0 Å². The van der Waals surface area contributed by atoms with Crippen LogP contribution in [0.25, 0.3) is 0 Å². The standard InChI is InChI=1S/C12H26O3/c1-4-7-12(14,15)11(6-3)8-10(5-2)9-13/h10-11,13-15H,4-9H2,1-3H3. The van der Waals surface area contributed by atoms with Crippen LogP contribution >= 0.6 is 0 Å². The smallest absolute Gasteiger partial charge is 0.165 e. The van der Waals surface area contributed by atoms with E-state index in [1.807, 2.05) is 20.8 Å². The van der Waals surface area contributed by atoms with Crippen molar-refractivity contribution in [3.8, 4) is 0 Å². The lowest BCUT2D eigenvalue weighted by molar-refractivity contribution is -0.209. The van der Waals surface area contributed by atoms with E-state index < -0.39 is 5.79 Å². The van der Waals surface area contributed by atoms with Crippen molar-refractivity contribution in [3.05, 3.63) is 0 Å². The number of hydrogen-bond donors (Lipinski definition) is 3. The summed E-state index contributed by atoms with van der Waals surface area (Å²) >= 11 is 0. The summed E-state index contributed by atoms with van der Waals surface area (Å²) in [6.07, 6.45) is 3.49. The molecule has 0 aliphatic heterocycles. The minimum Gasteiger partial charge on any atom is -0.396 e. The molecule has 0 saturated heterocycles. The topological polar surface area (TPSA) is 60.7 Å². The van der Waals surface area contributed by atoms with Gasteiger partial charge in [-0.1, -0.05) is 33.6 Å². The molecular formula is C12H26O3. The predicted octanol–water partition coefficient (Wildman–Crippen LogP) is 1.90. The zero-order valence-electron chi connectivity index (χ0n) is 10.2. The molecule has 2 unspecified atom stereocenters. The number of aliphatic hydroxyl groups excluding tert-OH is 1. The molecule has 3 nitrogen and oxygen atoms in total. The molecule has 0 aliphatic carbocycles. The molecule has 0 fully saturated rings.